The molecule has 0 amide bonds. The van der Waals surface area contributed by atoms with E-state index in [1.807, 2.05) is 18.2 Å². The number of ether oxygens (including phenoxy) is 2. The molecule has 166 valence electrons. The molecule has 0 rings (SSSR count). The maximum absolute atomic E-state index is 11.6. The Morgan fingerprint density at radius 2 is 1.59 bits per heavy atom. The van der Waals surface area contributed by atoms with Crippen LogP contribution in [0.3, 0.4) is 0 Å². The number of aliphatic hydroxyl groups is 2. The van der Waals surface area contributed by atoms with Crippen molar-refractivity contribution in [2.24, 2.45) is 0 Å². The highest BCUT2D eigenvalue weighted by Crippen LogP contribution is 2.10. The second-order valence-corrected chi connectivity index (χ2v) is 6.94. The monoisotopic (exact) mass is 410 g/mol. The van der Waals surface area contributed by atoms with Gasteiger partial charge in [-0.15, -0.1) is 0 Å². The van der Waals surface area contributed by atoms with Gasteiger partial charge in [0.05, 0.1) is 6.10 Å². The number of allylic oxidation sites excluding steroid dienone is 5. The maximum atomic E-state index is 11.6. The molecule has 0 saturated carbocycles. The van der Waals surface area contributed by atoms with Gasteiger partial charge in [0.2, 0.25) is 0 Å². The third-order valence-electron chi connectivity index (χ3n) is 4.05. The molecular formula is C23H38O6. The van der Waals surface area contributed by atoms with Gasteiger partial charge in [0, 0.05) is 13.3 Å². The quantitative estimate of drug-likeness (QED) is 0.163. The van der Waals surface area contributed by atoms with E-state index in [0.29, 0.717) is 6.42 Å². The first-order chi connectivity index (χ1) is 14.0. The lowest BCUT2D eigenvalue weighted by molar-refractivity contribution is -0.151. The van der Waals surface area contributed by atoms with Crippen molar-refractivity contribution < 1.29 is 29.3 Å². The van der Waals surface area contributed by atoms with Crippen molar-refractivity contribution in [1.82, 2.24) is 0 Å². The van der Waals surface area contributed by atoms with Crippen LogP contribution >= 0.6 is 0 Å². The summed E-state index contributed by atoms with van der Waals surface area (Å²) in [6.07, 6.45) is 18.2. The molecule has 0 aliphatic heterocycles. The molecule has 0 radical (unpaired) electrons. The van der Waals surface area contributed by atoms with Gasteiger partial charge in [-0.1, -0.05) is 69.1 Å². The second-order valence-electron chi connectivity index (χ2n) is 6.94. The van der Waals surface area contributed by atoms with E-state index >= 15 is 0 Å². The van der Waals surface area contributed by atoms with E-state index < -0.39 is 18.2 Å². The van der Waals surface area contributed by atoms with Gasteiger partial charge in [-0.25, -0.2) is 0 Å². The zero-order valence-electron chi connectivity index (χ0n) is 17.9. The Labute approximate surface area is 175 Å². The van der Waals surface area contributed by atoms with E-state index in [4.69, 9.17) is 4.74 Å². The summed E-state index contributed by atoms with van der Waals surface area (Å²) >= 11 is 0. The molecule has 0 heterocycles. The summed E-state index contributed by atoms with van der Waals surface area (Å²) in [5.41, 5.74) is 0. The zero-order valence-corrected chi connectivity index (χ0v) is 17.9. The predicted molar refractivity (Wildman–Crippen MR) is 114 cm³/mol. The number of aliphatic hydroxyl groups excluding tert-OH is 2. The Hall–Kier alpha value is -1.92. The molecule has 6 nitrogen and oxygen atoms in total. The average Bonchev–Trinajstić information content (AvgIpc) is 2.69. The Balaban J connectivity index is 3.56. The minimum absolute atomic E-state index is 0.165. The van der Waals surface area contributed by atoms with Gasteiger partial charge in [0.15, 0.2) is 0 Å². The highest BCUT2D eigenvalue weighted by atomic mass is 16.6. The molecular weight excluding hydrogens is 372 g/mol. The second kappa shape index (κ2) is 19.4. The molecule has 0 aromatic carbocycles. The summed E-state index contributed by atoms with van der Waals surface area (Å²) < 4.78 is 9.57. The fraction of sp³-hybridized carbons (Fsp3) is 0.652. The highest BCUT2D eigenvalue weighted by Gasteiger charge is 2.10. The lowest BCUT2D eigenvalue weighted by atomic mass is 10.1. The Morgan fingerprint density at radius 3 is 2.31 bits per heavy atom. The fourth-order valence-corrected chi connectivity index (χ4v) is 2.46. The molecule has 29 heavy (non-hydrogen) atoms. The van der Waals surface area contributed by atoms with Crippen LogP contribution in [0.2, 0.25) is 0 Å². The molecule has 0 saturated heterocycles. The van der Waals surface area contributed by atoms with Crippen molar-refractivity contribution in [3.05, 3.63) is 36.5 Å². The van der Waals surface area contributed by atoms with Crippen LogP contribution in [0.4, 0.5) is 0 Å². The number of hydrogen-bond donors (Lipinski definition) is 2. The normalized spacial score (nSPS) is 13.9. The van der Waals surface area contributed by atoms with E-state index in [1.54, 1.807) is 0 Å². The zero-order chi connectivity index (χ0) is 21.7. The SMILES string of the molecule is CC/C=C/C/C=C/C=C/C(O)CCCCCCCC(=O)OC[C@@H](O)COC(C)=O. The van der Waals surface area contributed by atoms with Gasteiger partial charge < -0.3 is 19.7 Å². The molecule has 0 aromatic heterocycles. The number of unbranched alkanes of at least 4 members (excludes halogenated alkanes) is 4. The lowest BCUT2D eigenvalue weighted by Crippen LogP contribution is -2.24. The van der Waals surface area contributed by atoms with Crippen LogP contribution in [0.5, 0.6) is 0 Å². The summed E-state index contributed by atoms with van der Waals surface area (Å²) in [5.74, 6) is -0.836. The Bertz CT molecular complexity index is 509. The first-order valence-electron chi connectivity index (χ1n) is 10.6. The molecule has 0 bridgehead atoms. The van der Waals surface area contributed by atoms with Crippen molar-refractivity contribution in [3.8, 4) is 0 Å². The van der Waals surface area contributed by atoms with Crippen LogP contribution in [0, 0.1) is 0 Å². The van der Waals surface area contributed by atoms with Gasteiger partial charge in [-0.05, 0) is 25.7 Å². The van der Waals surface area contributed by atoms with Crippen molar-refractivity contribution in [2.45, 2.75) is 83.8 Å². The van der Waals surface area contributed by atoms with Gasteiger partial charge in [-0.3, -0.25) is 9.59 Å². The number of hydrogen-bond acceptors (Lipinski definition) is 6. The van der Waals surface area contributed by atoms with Crippen molar-refractivity contribution in [3.63, 3.8) is 0 Å². The predicted octanol–water partition coefficient (Wildman–Crippen LogP) is 4.01. The summed E-state index contributed by atoms with van der Waals surface area (Å²) in [6.45, 7) is 3.02. The van der Waals surface area contributed by atoms with Crippen LogP contribution in [-0.2, 0) is 19.1 Å². The third-order valence-corrected chi connectivity index (χ3v) is 4.05. The maximum Gasteiger partial charge on any atom is 0.305 e. The first-order valence-corrected chi connectivity index (χ1v) is 10.6. The Kier molecular flexibility index (Phi) is 18.1. The van der Waals surface area contributed by atoms with E-state index in [-0.39, 0.29) is 19.2 Å². The topological polar surface area (TPSA) is 93.1 Å². The van der Waals surface area contributed by atoms with Crippen LogP contribution < -0.4 is 0 Å². The smallest absolute Gasteiger partial charge is 0.305 e. The van der Waals surface area contributed by atoms with E-state index in [9.17, 15) is 19.8 Å². The largest absolute Gasteiger partial charge is 0.463 e. The fourth-order valence-electron chi connectivity index (χ4n) is 2.46. The summed E-state index contributed by atoms with van der Waals surface area (Å²) in [4.78, 5) is 22.2. The Morgan fingerprint density at radius 1 is 0.897 bits per heavy atom. The summed E-state index contributed by atoms with van der Waals surface area (Å²) in [6, 6.07) is 0. The number of rotatable bonds is 17. The van der Waals surface area contributed by atoms with Gasteiger partial charge in [-0.2, -0.15) is 0 Å². The minimum atomic E-state index is -0.989. The van der Waals surface area contributed by atoms with E-state index in [2.05, 4.69) is 29.9 Å². The summed E-state index contributed by atoms with van der Waals surface area (Å²) in [5, 5.41) is 19.4. The molecule has 0 spiro atoms. The van der Waals surface area contributed by atoms with Gasteiger partial charge in [0.1, 0.15) is 19.3 Å². The molecule has 0 fully saturated rings. The lowest BCUT2D eigenvalue weighted by Gasteiger charge is -2.11. The van der Waals surface area contributed by atoms with Crippen molar-refractivity contribution in [2.75, 3.05) is 13.2 Å². The van der Waals surface area contributed by atoms with E-state index in [0.717, 1.165) is 51.4 Å². The molecule has 1 unspecified atom stereocenters. The molecule has 0 aromatic rings. The number of esters is 2. The average molecular weight is 411 g/mol. The number of carbonyl (C=O) groups excluding carboxylic acids is 2. The van der Waals surface area contributed by atoms with Crippen LogP contribution in [-0.4, -0.2) is 47.6 Å². The molecule has 6 heteroatoms. The van der Waals surface area contributed by atoms with Crippen LogP contribution in [0.15, 0.2) is 36.5 Å². The standard InChI is InChI=1S/C23H38O6/c1-3-4-5-6-7-9-12-15-21(25)16-13-10-8-11-14-17-23(27)29-19-22(26)18-28-20(2)24/h4-5,7,9,12,15,21-22,25-26H,3,6,8,10-11,13-14,16-19H2,1-2H3/b5-4+,9-7+,15-12+/t21?,22-/m0/s1. The van der Waals surface area contributed by atoms with E-state index in [1.165, 1.54) is 6.92 Å². The van der Waals surface area contributed by atoms with Crippen LogP contribution in [0.25, 0.3) is 0 Å². The van der Waals surface area contributed by atoms with Crippen LogP contribution in [0.1, 0.15) is 71.6 Å². The minimum Gasteiger partial charge on any atom is -0.463 e. The third kappa shape index (κ3) is 20.6. The first kappa shape index (κ1) is 27.1. The molecule has 2 atom stereocenters. The van der Waals surface area contributed by atoms with Gasteiger partial charge in [0.25, 0.3) is 0 Å². The summed E-state index contributed by atoms with van der Waals surface area (Å²) in [7, 11) is 0. The van der Waals surface area contributed by atoms with Crippen molar-refractivity contribution in [1.29, 1.82) is 0 Å². The number of carbonyl (C=O) groups is 2. The highest BCUT2D eigenvalue weighted by molar-refractivity contribution is 5.69. The molecule has 2 N–H and O–H groups in total. The molecule has 0 aliphatic rings. The van der Waals surface area contributed by atoms with Gasteiger partial charge >= 0.3 is 11.9 Å². The van der Waals surface area contributed by atoms with Crippen molar-refractivity contribution >= 4 is 11.9 Å². The molecule has 0 aliphatic carbocycles.